The maximum Gasteiger partial charge on any atom is 0.236 e. The van der Waals surface area contributed by atoms with Gasteiger partial charge in [0.1, 0.15) is 0 Å². The van der Waals surface area contributed by atoms with Gasteiger partial charge in [-0.15, -0.1) is 0 Å². The lowest BCUT2D eigenvalue weighted by Gasteiger charge is -2.36. The molecule has 1 amide bonds. The number of carbonyl (C=O) groups excluding carboxylic acids is 1. The van der Waals surface area contributed by atoms with Crippen molar-refractivity contribution in [1.82, 2.24) is 14.9 Å². The molecule has 166 valence electrons. The van der Waals surface area contributed by atoms with Crippen LogP contribution in [0.25, 0.3) is 11.1 Å². The van der Waals surface area contributed by atoms with Crippen LogP contribution in [0.15, 0.2) is 60.9 Å². The summed E-state index contributed by atoms with van der Waals surface area (Å²) in [5.41, 5.74) is 16.2. The Bertz CT molecular complexity index is 1040. The number of rotatable bonds is 6. The van der Waals surface area contributed by atoms with E-state index in [9.17, 15) is 4.79 Å². The fourth-order valence-electron chi connectivity index (χ4n) is 3.85. The van der Waals surface area contributed by atoms with Gasteiger partial charge in [0.05, 0.1) is 6.54 Å². The first-order valence-electron chi connectivity index (χ1n) is 10.7. The Hall–Kier alpha value is -3.65. The molecule has 1 aliphatic heterocycles. The minimum Gasteiger partial charge on any atom is -0.399 e. The van der Waals surface area contributed by atoms with Crippen molar-refractivity contribution in [2.24, 2.45) is 5.73 Å². The minimum absolute atomic E-state index is 0.0136. The van der Waals surface area contributed by atoms with E-state index in [-0.39, 0.29) is 12.5 Å². The fraction of sp³-hybridized carbons (Fsp3) is 0.292. The topological polar surface area (TPSA) is 105 Å². The smallest absolute Gasteiger partial charge is 0.236 e. The number of nitrogens with two attached hydrogens (primary N) is 2. The number of nitrogen functional groups attached to an aromatic ring is 1. The quantitative estimate of drug-likeness (QED) is 0.575. The van der Waals surface area contributed by atoms with Crippen molar-refractivity contribution < 1.29 is 4.79 Å². The zero-order valence-electron chi connectivity index (χ0n) is 18.3. The van der Waals surface area contributed by atoms with Crippen molar-refractivity contribution in [2.45, 2.75) is 6.54 Å². The number of hydrogen-bond donors (Lipinski definition) is 2. The average Bonchev–Trinajstić information content (AvgIpc) is 2.84. The lowest BCUT2D eigenvalue weighted by atomic mass is 10.1. The number of nitrogens with zero attached hydrogens (tertiary/aromatic N) is 5. The van der Waals surface area contributed by atoms with Gasteiger partial charge >= 0.3 is 0 Å². The summed E-state index contributed by atoms with van der Waals surface area (Å²) in [6.45, 7) is 4.07. The third kappa shape index (κ3) is 4.97. The highest BCUT2D eigenvalue weighted by atomic mass is 16.2. The SMILES string of the molecule is CN(Cc1cccc(-c2cnc(N3CCN(c4ccc(N)cc4)CC3)nc2)c1)C(=O)CN. The van der Waals surface area contributed by atoms with E-state index < -0.39 is 0 Å². The van der Waals surface area contributed by atoms with Gasteiger partial charge in [0.15, 0.2) is 0 Å². The summed E-state index contributed by atoms with van der Waals surface area (Å²) in [6, 6.07) is 16.1. The van der Waals surface area contributed by atoms with Crippen molar-refractivity contribution in [2.75, 3.05) is 55.3 Å². The summed E-state index contributed by atoms with van der Waals surface area (Å²) in [5.74, 6) is 0.662. The third-order valence-electron chi connectivity index (χ3n) is 5.74. The second kappa shape index (κ2) is 9.65. The summed E-state index contributed by atoms with van der Waals surface area (Å²) < 4.78 is 0. The van der Waals surface area contributed by atoms with Crippen LogP contribution in [0, 0.1) is 0 Å². The number of carbonyl (C=O) groups is 1. The molecule has 0 unspecified atom stereocenters. The predicted molar refractivity (Wildman–Crippen MR) is 128 cm³/mol. The van der Waals surface area contributed by atoms with Crippen LogP contribution >= 0.6 is 0 Å². The molecule has 8 nitrogen and oxygen atoms in total. The Morgan fingerprint density at radius 2 is 1.62 bits per heavy atom. The van der Waals surface area contributed by atoms with Crippen LogP contribution in [-0.2, 0) is 11.3 Å². The van der Waals surface area contributed by atoms with E-state index in [2.05, 4.69) is 38.0 Å². The number of benzene rings is 2. The molecule has 0 spiro atoms. The molecule has 1 aromatic heterocycles. The van der Waals surface area contributed by atoms with Gasteiger partial charge < -0.3 is 26.2 Å². The highest BCUT2D eigenvalue weighted by molar-refractivity contribution is 5.77. The zero-order valence-corrected chi connectivity index (χ0v) is 18.3. The lowest BCUT2D eigenvalue weighted by molar-refractivity contribution is -0.128. The molecular formula is C24H29N7O. The number of amides is 1. The van der Waals surface area contributed by atoms with Crippen molar-refractivity contribution in [3.8, 4) is 11.1 Å². The first-order valence-corrected chi connectivity index (χ1v) is 10.7. The predicted octanol–water partition coefficient (Wildman–Crippen LogP) is 1.97. The number of anilines is 3. The summed E-state index contributed by atoms with van der Waals surface area (Å²) >= 11 is 0. The van der Waals surface area contributed by atoms with Crippen LogP contribution in [0.4, 0.5) is 17.3 Å². The van der Waals surface area contributed by atoms with Gasteiger partial charge in [-0.25, -0.2) is 9.97 Å². The van der Waals surface area contributed by atoms with Crippen LogP contribution in [0.1, 0.15) is 5.56 Å². The number of piperazine rings is 1. The van der Waals surface area contributed by atoms with Crippen LogP contribution in [0.5, 0.6) is 0 Å². The second-order valence-electron chi connectivity index (χ2n) is 7.99. The molecule has 8 heteroatoms. The Morgan fingerprint density at radius 1 is 0.969 bits per heavy atom. The van der Waals surface area contributed by atoms with Gasteiger partial charge in [-0.3, -0.25) is 4.79 Å². The largest absolute Gasteiger partial charge is 0.399 e. The van der Waals surface area contributed by atoms with Gasteiger partial charge in [-0.05, 0) is 41.5 Å². The Labute approximate surface area is 188 Å². The minimum atomic E-state index is -0.0837. The van der Waals surface area contributed by atoms with Gasteiger partial charge in [-0.2, -0.15) is 0 Å². The molecule has 1 aliphatic rings. The van der Waals surface area contributed by atoms with E-state index in [1.165, 1.54) is 5.69 Å². The van der Waals surface area contributed by atoms with E-state index in [0.29, 0.717) is 6.54 Å². The molecule has 0 atom stereocenters. The molecule has 0 aliphatic carbocycles. The number of likely N-dealkylation sites (N-methyl/N-ethyl adjacent to an activating group) is 1. The highest BCUT2D eigenvalue weighted by Gasteiger charge is 2.19. The third-order valence-corrected chi connectivity index (χ3v) is 5.74. The molecule has 1 fully saturated rings. The monoisotopic (exact) mass is 431 g/mol. The molecule has 2 heterocycles. The van der Waals surface area contributed by atoms with Gasteiger partial charge in [0.2, 0.25) is 11.9 Å². The first kappa shape index (κ1) is 21.6. The molecule has 32 heavy (non-hydrogen) atoms. The van der Waals surface area contributed by atoms with E-state index in [1.54, 1.807) is 11.9 Å². The molecule has 4 N–H and O–H groups in total. The maximum atomic E-state index is 11.7. The van der Waals surface area contributed by atoms with Gasteiger partial charge in [-0.1, -0.05) is 18.2 Å². The molecule has 4 rings (SSSR count). The Morgan fingerprint density at radius 3 is 2.28 bits per heavy atom. The second-order valence-corrected chi connectivity index (χ2v) is 7.99. The van der Waals surface area contributed by atoms with Crippen molar-refractivity contribution in [3.05, 3.63) is 66.5 Å². The van der Waals surface area contributed by atoms with Crippen LogP contribution in [0.3, 0.4) is 0 Å². The van der Waals surface area contributed by atoms with Crippen molar-refractivity contribution in [3.63, 3.8) is 0 Å². The maximum absolute atomic E-state index is 11.7. The van der Waals surface area contributed by atoms with Crippen molar-refractivity contribution >= 4 is 23.2 Å². The van der Waals surface area contributed by atoms with Crippen LogP contribution < -0.4 is 21.3 Å². The Kier molecular flexibility index (Phi) is 6.51. The standard InChI is InChI=1S/C24H29N7O/c1-29(23(32)14-25)17-18-3-2-4-19(13-18)20-15-27-24(28-16-20)31-11-9-30(10-12-31)22-7-5-21(26)6-8-22/h2-8,13,15-16H,9-12,14,17,25-26H2,1H3. The van der Waals surface area contributed by atoms with Crippen LogP contribution in [0.2, 0.25) is 0 Å². The molecule has 1 saturated heterocycles. The summed E-state index contributed by atoms with van der Waals surface area (Å²) in [5, 5.41) is 0. The average molecular weight is 432 g/mol. The molecular weight excluding hydrogens is 402 g/mol. The fourth-order valence-corrected chi connectivity index (χ4v) is 3.85. The highest BCUT2D eigenvalue weighted by Crippen LogP contribution is 2.23. The molecule has 2 aromatic carbocycles. The van der Waals surface area contributed by atoms with Crippen molar-refractivity contribution in [1.29, 1.82) is 0 Å². The van der Waals surface area contributed by atoms with E-state index in [1.807, 2.05) is 42.7 Å². The molecule has 0 radical (unpaired) electrons. The molecule has 0 bridgehead atoms. The van der Waals surface area contributed by atoms with Gasteiger partial charge in [0.25, 0.3) is 0 Å². The zero-order chi connectivity index (χ0) is 22.5. The summed E-state index contributed by atoms with van der Waals surface area (Å²) in [6.07, 6.45) is 3.73. The summed E-state index contributed by atoms with van der Waals surface area (Å²) in [4.78, 5) is 27.2. The Balaban J connectivity index is 1.39. The normalized spacial score (nSPS) is 13.8. The molecule has 3 aromatic rings. The van der Waals surface area contributed by atoms with Gasteiger partial charge in [0, 0.05) is 69.1 Å². The van der Waals surface area contributed by atoms with Crippen LogP contribution in [-0.4, -0.2) is 60.5 Å². The van der Waals surface area contributed by atoms with E-state index in [4.69, 9.17) is 11.5 Å². The number of hydrogen-bond acceptors (Lipinski definition) is 7. The van der Waals surface area contributed by atoms with E-state index >= 15 is 0 Å². The number of aromatic nitrogens is 2. The first-order chi connectivity index (χ1) is 15.5. The van der Waals surface area contributed by atoms with E-state index in [0.717, 1.165) is 54.5 Å². The lowest BCUT2D eigenvalue weighted by Crippen LogP contribution is -2.47. The summed E-state index contributed by atoms with van der Waals surface area (Å²) in [7, 11) is 1.76. The molecule has 0 saturated carbocycles.